The summed E-state index contributed by atoms with van der Waals surface area (Å²) in [6.45, 7) is 0.458. The molecule has 0 amide bonds. The van der Waals surface area contributed by atoms with E-state index in [2.05, 4.69) is 21.5 Å². The molecular formula is C12H14N4O2S2. The van der Waals surface area contributed by atoms with Crippen LogP contribution in [0.2, 0.25) is 0 Å². The molecule has 0 atom stereocenters. The van der Waals surface area contributed by atoms with Crippen molar-refractivity contribution < 1.29 is 8.42 Å². The second kappa shape index (κ2) is 6.19. The lowest BCUT2D eigenvalue weighted by Gasteiger charge is -2.03. The maximum atomic E-state index is 12.0. The van der Waals surface area contributed by atoms with Crippen LogP contribution in [0, 0.1) is 11.8 Å². The Morgan fingerprint density at radius 3 is 3.00 bits per heavy atom. The van der Waals surface area contributed by atoms with Crippen LogP contribution in [0.5, 0.6) is 0 Å². The van der Waals surface area contributed by atoms with Crippen LogP contribution in [-0.4, -0.2) is 24.5 Å². The molecule has 0 aliphatic carbocycles. The second-order valence-electron chi connectivity index (χ2n) is 3.97. The van der Waals surface area contributed by atoms with Crippen LogP contribution in [-0.2, 0) is 23.6 Å². The summed E-state index contributed by atoms with van der Waals surface area (Å²) in [5, 5.41) is 1.87. The van der Waals surface area contributed by atoms with Crippen LogP contribution in [0.3, 0.4) is 0 Å². The van der Waals surface area contributed by atoms with Gasteiger partial charge in [0, 0.05) is 30.2 Å². The van der Waals surface area contributed by atoms with Crippen molar-refractivity contribution in [2.75, 3.05) is 6.54 Å². The summed E-state index contributed by atoms with van der Waals surface area (Å²) < 4.78 is 28.2. The number of thiophene rings is 1. The van der Waals surface area contributed by atoms with Gasteiger partial charge >= 0.3 is 0 Å². The zero-order valence-corrected chi connectivity index (χ0v) is 12.5. The molecule has 2 aromatic heterocycles. The number of rotatable bonds is 4. The normalized spacial score (nSPS) is 11.1. The van der Waals surface area contributed by atoms with Crippen LogP contribution in [0.4, 0.5) is 0 Å². The molecule has 6 nitrogen and oxygen atoms in total. The van der Waals surface area contributed by atoms with Crippen LogP contribution in [0.1, 0.15) is 10.4 Å². The Morgan fingerprint density at radius 1 is 1.55 bits per heavy atom. The van der Waals surface area contributed by atoms with Crippen molar-refractivity contribution in [3.63, 3.8) is 0 Å². The first-order valence-electron chi connectivity index (χ1n) is 5.76. The number of sulfonamides is 1. The number of nitrogens with zero attached hydrogens (tertiary/aromatic N) is 2. The summed E-state index contributed by atoms with van der Waals surface area (Å²) in [6, 6.07) is 1.84. The Bertz CT molecular complexity index is 750. The van der Waals surface area contributed by atoms with Crippen molar-refractivity contribution in [3.05, 3.63) is 34.4 Å². The standard InChI is InChI=1S/C12H14N4O2S2/c1-16-8-12(14-9-16)20(17,18)15-7-11-10(3-2-5-13)4-6-19-11/h4,6,8-9,15H,5,7,13H2,1H3. The number of imidazole rings is 1. The molecule has 20 heavy (non-hydrogen) atoms. The Balaban J connectivity index is 2.11. The van der Waals surface area contributed by atoms with Gasteiger partial charge in [-0.25, -0.2) is 18.1 Å². The van der Waals surface area contributed by atoms with Crippen LogP contribution < -0.4 is 10.5 Å². The van der Waals surface area contributed by atoms with Crippen molar-refractivity contribution >= 4 is 21.4 Å². The predicted octanol–water partition coefficient (Wildman–Crippen LogP) is 0.270. The van der Waals surface area contributed by atoms with E-state index in [0.29, 0.717) is 0 Å². The van der Waals surface area contributed by atoms with E-state index in [0.717, 1.165) is 10.4 Å². The quantitative estimate of drug-likeness (QED) is 0.793. The van der Waals surface area contributed by atoms with E-state index in [1.165, 1.54) is 23.9 Å². The lowest BCUT2D eigenvalue weighted by molar-refractivity contribution is 0.578. The second-order valence-corrected chi connectivity index (χ2v) is 6.68. The van der Waals surface area contributed by atoms with Gasteiger partial charge in [-0.05, 0) is 11.4 Å². The third-order valence-corrected chi connectivity index (χ3v) is 4.66. The summed E-state index contributed by atoms with van der Waals surface area (Å²) >= 11 is 1.45. The molecule has 0 radical (unpaired) electrons. The number of nitrogens with one attached hydrogen (secondary N) is 1. The molecule has 0 fully saturated rings. The maximum absolute atomic E-state index is 12.0. The predicted molar refractivity (Wildman–Crippen MR) is 77.5 cm³/mol. The van der Waals surface area contributed by atoms with E-state index < -0.39 is 10.0 Å². The fourth-order valence-electron chi connectivity index (χ4n) is 1.50. The largest absolute Gasteiger partial charge is 0.339 e. The van der Waals surface area contributed by atoms with Gasteiger partial charge in [-0.15, -0.1) is 11.3 Å². The first-order valence-corrected chi connectivity index (χ1v) is 8.12. The molecule has 0 aliphatic rings. The number of aryl methyl sites for hydroxylation is 1. The average molecular weight is 310 g/mol. The smallest absolute Gasteiger partial charge is 0.259 e. The minimum absolute atomic E-state index is 0.00569. The van der Waals surface area contributed by atoms with E-state index in [4.69, 9.17) is 5.73 Å². The Labute approximate surface area is 121 Å². The van der Waals surface area contributed by atoms with Gasteiger partial charge in [0.25, 0.3) is 10.0 Å². The van der Waals surface area contributed by atoms with Gasteiger partial charge in [0.05, 0.1) is 12.9 Å². The first kappa shape index (κ1) is 14.7. The number of hydrogen-bond acceptors (Lipinski definition) is 5. The van der Waals surface area contributed by atoms with Gasteiger partial charge in [0.2, 0.25) is 0 Å². The highest BCUT2D eigenvalue weighted by Crippen LogP contribution is 2.16. The number of nitrogens with two attached hydrogens (primary N) is 1. The van der Waals surface area contributed by atoms with Crippen molar-refractivity contribution in [2.45, 2.75) is 11.6 Å². The average Bonchev–Trinajstić information content (AvgIpc) is 3.03. The fraction of sp³-hybridized carbons (Fsp3) is 0.250. The maximum Gasteiger partial charge on any atom is 0.259 e. The molecule has 0 unspecified atom stereocenters. The van der Waals surface area contributed by atoms with Crippen LogP contribution >= 0.6 is 11.3 Å². The van der Waals surface area contributed by atoms with Crippen LogP contribution in [0.25, 0.3) is 0 Å². The number of aromatic nitrogens is 2. The van der Waals surface area contributed by atoms with Gasteiger partial charge in [0.15, 0.2) is 5.03 Å². The molecule has 3 N–H and O–H groups in total. The highest BCUT2D eigenvalue weighted by Gasteiger charge is 2.17. The molecule has 0 bridgehead atoms. The van der Waals surface area contributed by atoms with E-state index in [1.54, 1.807) is 11.6 Å². The van der Waals surface area contributed by atoms with Gasteiger partial charge in [-0.2, -0.15) is 0 Å². The Morgan fingerprint density at radius 2 is 2.35 bits per heavy atom. The van der Waals surface area contributed by atoms with E-state index in [1.807, 2.05) is 11.4 Å². The molecular weight excluding hydrogens is 296 g/mol. The molecule has 0 aliphatic heterocycles. The minimum Gasteiger partial charge on any atom is -0.339 e. The Hall–Kier alpha value is -1.66. The van der Waals surface area contributed by atoms with Gasteiger partial charge in [-0.1, -0.05) is 11.8 Å². The molecule has 0 saturated carbocycles. The van der Waals surface area contributed by atoms with Gasteiger partial charge < -0.3 is 10.3 Å². The SMILES string of the molecule is Cn1cnc(S(=O)(=O)NCc2sccc2C#CCN)c1. The monoisotopic (exact) mass is 310 g/mol. The molecule has 2 rings (SSSR count). The summed E-state index contributed by atoms with van der Waals surface area (Å²) in [7, 11) is -1.89. The third kappa shape index (κ3) is 3.46. The summed E-state index contributed by atoms with van der Waals surface area (Å²) in [5.41, 5.74) is 6.12. The van der Waals surface area contributed by atoms with Crippen molar-refractivity contribution in [2.24, 2.45) is 12.8 Å². The molecule has 8 heteroatoms. The first-order chi connectivity index (χ1) is 9.53. The Kier molecular flexibility index (Phi) is 4.57. The number of hydrogen-bond donors (Lipinski definition) is 2. The molecule has 2 heterocycles. The minimum atomic E-state index is -3.60. The highest BCUT2D eigenvalue weighted by atomic mass is 32.2. The molecule has 0 spiro atoms. The topological polar surface area (TPSA) is 90.0 Å². The molecule has 106 valence electrons. The molecule has 0 aromatic carbocycles. The lowest BCUT2D eigenvalue weighted by Crippen LogP contribution is -2.23. The fourth-order valence-corrected chi connectivity index (χ4v) is 3.33. The van der Waals surface area contributed by atoms with E-state index in [-0.39, 0.29) is 18.1 Å². The zero-order chi connectivity index (χ0) is 14.6. The molecule has 0 saturated heterocycles. The van der Waals surface area contributed by atoms with Crippen molar-refractivity contribution in [1.82, 2.24) is 14.3 Å². The van der Waals surface area contributed by atoms with Gasteiger partial charge in [0.1, 0.15) is 0 Å². The van der Waals surface area contributed by atoms with Gasteiger partial charge in [-0.3, -0.25) is 0 Å². The van der Waals surface area contributed by atoms with Crippen molar-refractivity contribution in [3.8, 4) is 11.8 Å². The van der Waals surface area contributed by atoms with E-state index in [9.17, 15) is 8.42 Å². The highest BCUT2D eigenvalue weighted by molar-refractivity contribution is 7.89. The third-order valence-electron chi connectivity index (χ3n) is 2.45. The lowest BCUT2D eigenvalue weighted by atomic mass is 10.2. The van der Waals surface area contributed by atoms with Crippen molar-refractivity contribution in [1.29, 1.82) is 0 Å². The molecule has 2 aromatic rings. The summed E-state index contributed by atoms with van der Waals surface area (Å²) in [4.78, 5) is 4.68. The summed E-state index contributed by atoms with van der Waals surface area (Å²) in [6.07, 6.45) is 2.89. The summed E-state index contributed by atoms with van der Waals surface area (Å²) in [5.74, 6) is 5.67. The van der Waals surface area contributed by atoms with E-state index >= 15 is 0 Å². The zero-order valence-electron chi connectivity index (χ0n) is 10.8. The van der Waals surface area contributed by atoms with Crippen LogP contribution in [0.15, 0.2) is 29.0 Å².